The summed E-state index contributed by atoms with van der Waals surface area (Å²) in [4.78, 5) is 12.8. The van der Waals surface area contributed by atoms with E-state index >= 15 is 0 Å². The molecule has 0 heterocycles. The molecule has 3 heteroatoms. The van der Waals surface area contributed by atoms with Gasteiger partial charge >= 0.3 is 0 Å². The Morgan fingerprint density at radius 2 is 1.41 bits per heavy atom. The molecule has 0 bridgehead atoms. The van der Waals surface area contributed by atoms with Gasteiger partial charge in [0, 0.05) is 16.8 Å². The van der Waals surface area contributed by atoms with Gasteiger partial charge in [0.2, 0.25) is 0 Å². The minimum absolute atomic E-state index is 0.0128. The molecule has 0 aromatic heterocycles. The topological polar surface area (TPSA) is 45.7 Å². The van der Waals surface area contributed by atoms with E-state index in [2.05, 4.69) is 47.9 Å². The van der Waals surface area contributed by atoms with Crippen molar-refractivity contribution in [3.63, 3.8) is 0 Å². The number of rotatable bonds is 6. The molecule has 0 aliphatic rings. The predicted molar refractivity (Wildman–Crippen MR) is 111 cm³/mol. The number of nitrogens with two attached hydrogens (primary N) is 1. The Hall–Kier alpha value is -2.91. The maximum Gasteiger partial charge on any atom is 0.282 e. The van der Waals surface area contributed by atoms with Gasteiger partial charge in [-0.05, 0) is 32.4 Å². The summed E-state index contributed by atoms with van der Waals surface area (Å²) in [5.41, 5.74) is 5.53. The molecular weight excluding hydrogens is 332 g/mol. The monoisotopic (exact) mass is 359 g/mol. The van der Waals surface area contributed by atoms with E-state index in [1.165, 1.54) is 16.7 Å². The highest BCUT2D eigenvalue weighted by Gasteiger charge is 2.25. The lowest BCUT2D eigenvalue weighted by Crippen LogP contribution is -2.92. The van der Waals surface area contributed by atoms with Gasteiger partial charge < -0.3 is 10.6 Å². The summed E-state index contributed by atoms with van der Waals surface area (Å²) in [7, 11) is 0. The maximum absolute atomic E-state index is 12.8. The van der Waals surface area contributed by atoms with Crippen LogP contribution < -0.4 is 10.6 Å². The molecule has 0 aliphatic carbocycles. The summed E-state index contributed by atoms with van der Waals surface area (Å²) in [6.45, 7) is 6.03. The molecule has 3 N–H and O–H groups in total. The van der Waals surface area contributed by atoms with Crippen LogP contribution in [0.25, 0.3) is 0 Å². The molecule has 3 aromatic rings. The van der Waals surface area contributed by atoms with E-state index in [-0.39, 0.29) is 18.0 Å². The Bertz CT molecular complexity index is 851. The van der Waals surface area contributed by atoms with E-state index in [0.717, 1.165) is 11.3 Å². The van der Waals surface area contributed by atoms with Crippen LogP contribution in [-0.4, -0.2) is 11.9 Å². The van der Waals surface area contributed by atoms with Gasteiger partial charge in [-0.3, -0.25) is 4.79 Å². The van der Waals surface area contributed by atoms with Gasteiger partial charge in [0.1, 0.15) is 6.04 Å². The standard InChI is InChI=1S/C24H26N2O/c1-17-14-15-22(18(2)16-17)26-24(27)19(3)25-23(20-10-6-4-7-11-20)21-12-8-5-9-13-21/h4-16,19,23,25H,1-3H3,(H,26,27)/p+1/t19-/m1/s1. The van der Waals surface area contributed by atoms with Crippen molar-refractivity contribution in [3.05, 3.63) is 101 Å². The van der Waals surface area contributed by atoms with Gasteiger partial charge in [-0.25, -0.2) is 0 Å². The summed E-state index contributed by atoms with van der Waals surface area (Å²) in [6, 6.07) is 26.6. The summed E-state index contributed by atoms with van der Waals surface area (Å²) in [5, 5.41) is 5.20. The van der Waals surface area contributed by atoms with Crippen LogP contribution in [0, 0.1) is 13.8 Å². The smallest absolute Gasteiger partial charge is 0.282 e. The second kappa shape index (κ2) is 8.65. The largest absolute Gasteiger partial charge is 0.326 e. The minimum atomic E-state index is -0.226. The average Bonchev–Trinajstić information content (AvgIpc) is 2.69. The summed E-state index contributed by atoms with van der Waals surface area (Å²) >= 11 is 0. The van der Waals surface area contributed by atoms with Crippen LogP contribution in [0.4, 0.5) is 5.69 Å². The number of hydrogen-bond acceptors (Lipinski definition) is 1. The second-order valence-electron chi connectivity index (χ2n) is 7.09. The molecule has 0 radical (unpaired) electrons. The number of nitrogens with one attached hydrogen (secondary N) is 1. The van der Waals surface area contributed by atoms with E-state index in [9.17, 15) is 4.79 Å². The van der Waals surface area contributed by atoms with Crippen molar-refractivity contribution in [1.29, 1.82) is 0 Å². The Morgan fingerprint density at radius 3 is 1.93 bits per heavy atom. The number of carbonyl (C=O) groups excluding carboxylic acids is 1. The third kappa shape index (κ3) is 4.83. The Morgan fingerprint density at radius 1 is 0.852 bits per heavy atom. The van der Waals surface area contributed by atoms with Crippen molar-refractivity contribution in [2.75, 3.05) is 5.32 Å². The van der Waals surface area contributed by atoms with Crippen LogP contribution >= 0.6 is 0 Å². The Kier molecular flexibility index (Phi) is 6.05. The summed E-state index contributed by atoms with van der Waals surface area (Å²) in [6.07, 6.45) is 0. The molecule has 0 unspecified atom stereocenters. The highest BCUT2D eigenvalue weighted by Crippen LogP contribution is 2.19. The molecule has 3 rings (SSSR count). The number of quaternary nitrogens is 1. The molecule has 3 nitrogen and oxygen atoms in total. The molecule has 3 aromatic carbocycles. The number of amides is 1. The SMILES string of the molecule is Cc1ccc(NC(=O)[C@@H](C)[NH2+]C(c2ccccc2)c2ccccc2)c(C)c1. The van der Waals surface area contributed by atoms with Crippen molar-refractivity contribution in [2.24, 2.45) is 0 Å². The molecule has 0 spiro atoms. The lowest BCUT2D eigenvalue weighted by atomic mass is 9.98. The third-order valence-corrected chi connectivity index (χ3v) is 4.85. The van der Waals surface area contributed by atoms with E-state index in [0.29, 0.717) is 0 Å². The van der Waals surface area contributed by atoms with Crippen molar-refractivity contribution >= 4 is 11.6 Å². The molecule has 0 saturated heterocycles. The Labute approximate surface area is 161 Å². The lowest BCUT2D eigenvalue weighted by Gasteiger charge is -2.21. The van der Waals surface area contributed by atoms with Gasteiger partial charge in [-0.1, -0.05) is 78.4 Å². The van der Waals surface area contributed by atoms with E-state index in [1.807, 2.05) is 62.4 Å². The first-order chi connectivity index (χ1) is 13.0. The van der Waals surface area contributed by atoms with Crippen LogP contribution in [0.1, 0.15) is 35.2 Å². The Balaban J connectivity index is 1.78. The van der Waals surface area contributed by atoms with Crippen molar-refractivity contribution in [2.45, 2.75) is 32.9 Å². The molecular formula is C24H27N2O+. The normalized spacial score (nSPS) is 12.0. The van der Waals surface area contributed by atoms with Gasteiger partial charge in [0.05, 0.1) is 0 Å². The summed E-state index contributed by atoms with van der Waals surface area (Å²) in [5.74, 6) is 0.0128. The molecule has 1 amide bonds. The zero-order valence-electron chi connectivity index (χ0n) is 16.1. The van der Waals surface area contributed by atoms with Crippen molar-refractivity contribution in [1.82, 2.24) is 0 Å². The first kappa shape index (κ1) is 18.9. The van der Waals surface area contributed by atoms with Gasteiger partial charge in [0.25, 0.3) is 5.91 Å². The number of hydrogen-bond donors (Lipinski definition) is 2. The molecule has 0 saturated carbocycles. The molecule has 0 fully saturated rings. The van der Waals surface area contributed by atoms with Crippen molar-refractivity contribution < 1.29 is 10.1 Å². The quantitative estimate of drug-likeness (QED) is 0.687. The number of benzene rings is 3. The number of carbonyl (C=O) groups is 1. The molecule has 0 aliphatic heterocycles. The zero-order chi connectivity index (χ0) is 19.2. The molecule has 1 atom stereocenters. The lowest BCUT2D eigenvalue weighted by molar-refractivity contribution is -0.704. The third-order valence-electron chi connectivity index (χ3n) is 4.85. The highest BCUT2D eigenvalue weighted by atomic mass is 16.2. The van der Waals surface area contributed by atoms with Crippen LogP contribution in [0.2, 0.25) is 0 Å². The predicted octanol–water partition coefficient (Wildman–Crippen LogP) is 3.98. The first-order valence-electron chi connectivity index (χ1n) is 9.37. The van der Waals surface area contributed by atoms with Crippen molar-refractivity contribution in [3.8, 4) is 0 Å². The number of aryl methyl sites for hydroxylation is 2. The van der Waals surface area contributed by atoms with Crippen LogP contribution in [0.15, 0.2) is 78.9 Å². The molecule has 27 heavy (non-hydrogen) atoms. The maximum atomic E-state index is 12.8. The van der Waals surface area contributed by atoms with Gasteiger partial charge in [-0.15, -0.1) is 0 Å². The van der Waals surface area contributed by atoms with E-state index < -0.39 is 0 Å². The van der Waals surface area contributed by atoms with E-state index in [1.54, 1.807) is 0 Å². The average molecular weight is 359 g/mol. The van der Waals surface area contributed by atoms with Crippen LogP contribution in [-0.2, 0) is 4.79 Å². The summed E-state index contributed by atoms with van der Waals surface area (Å²) < 4.78 is 0. The zero-order valence-corrected chi connectivity index (χ0v) is 16.1. The van der Waals surface area contributed by atoms with Gasteiger partial charge in [0.15, 0.2) is 6.04 Å². The molecule has 138 valence electrons. The highest BCUT2D eigenvalue weighted by molar-refractivity contribution is 5.94. The fraction of sp³-hybridized carbons (Fsp3) is 0.208. The van der Waals surface area contributed by atoms with Crippen LogP contribution in [0.5, 0.6) is 0 Å². The first-order valence-corrected chi connectivity index (χ1v) is 9.37. The fourth-order valence-electron chi connectivity index (χ4n) is 3.31. The van der Waals surface area contributed by atoms with Crippen LogP contribution in [0.3, 0.4) is 0 Å². The number of anilines is 1. The van der Waals surface area contributed by atoms with E-state index in [4.69, 9.17) is 0 Å². The van der Waals surface area contributed by atoms with Gasteiger partial charge in [-0.2, -0.15) is 0 Å². The minimum Gasteiger partial charge on any atom is -0.326 e. The second-order valence-corrected chi connectivity index (χ2v) is 7.09. The fourth-order valence-corrected chi connectivity index (χ4v) is 3.31.